The second-order valence-electron chi connectivity index (χ2n) is 5.13. The van der Waals surface area contributed by atoms with Gasteiger partial charge in [0, 0.05) is 38.1 Å². The largest absolute Gasteiger partial charge is 0.370 e. The highest BCUT2D eigenvalue weighted by atomic mass is 15.2. The van der Waals surface area contributed by atoms with Crippen molar-refractivity contribution >= 4 is 11.6 Å². The van der Waals surface area contributed by atoms with Gasteiger partial charge in [-0.2, -0.15) is 0 Å². The van der Waals surface area contributed by atoms with Gasteiger partial charge in [-0.15, -0.1) is 0 Å². The number of anilines is 2. The number of pyridine rings is 1. The molecule has 0 saturated carbocycles. The SMILES string of the molecule is CCNc1nc(C)nc(N(C)CCc2ccncc2)c1C. The van der Waals surface area contributed by atoms with Crippen molar-refractivity contribution in [3.8, 4) is 0 Å². The van der Waals surface area contributed by atoms with E-state index in [4.69, 9.17) is 0 Å². The van der Waals surface area contributed by atoms with Crippen LogP contribution < -0.4 is 10.2 Å². The molecule has 5 heteroatoms. The van der Waals surface area contributed by atoms with Crippen LogP contribution in [0.2, 0.25) is 0 Å². The molecule has 0 unspecified atom stereocenters. The second kappa shape index (κ2) is 7.02. The van der Waals surface area contributed by atoms with Crippen molar-refractivity contribution in [2.45, 2.75) is 27.2 Å². The zero-order valence-electron chi connectivity index (χ0n) is 13.2. The third-order valence-corrected chi connectivity index (χ3v) is 3.42. The Hall–Kier alpha value is -2.17. The summed E-state index contributed by atoms with van der Waals surface area (Å²) < 4.78 is 0. The monoisotopic (exact) mass is 285 g/mol. The van der Waals surface area contributed by atoms with Crippen LogP contribution in [0.3, 0.4) is 0 Å². The van der Waals surface area contributed by atoms with E-state index in [9.17, 15) is 0 Å². The predicted molar refractivity (Wildman–Crippen MR) is 86.9 cm³/mol. The van der Waals surface area contributed by atoms with Crippen LogP contribution in [-0.2, 0) is 6.42 Å². The molecule has 0 aliphatic rings. The molecule has 1 N–H and O–H groups in total. The Morgan fingerprint density at radius 3 is 2.52 bits per heavy atom. The molecule has 0 spiro atoms. The number of nitrogens with one attached hydrogen (secondary N) is 1. The Bertz CT molecular complexity index is 583. The van der Waals surface area contributed by atoms with Gasteiger partial charge in [0.1, 0.15) is 17.5 Å². The fourth-order valence-corrected chi connectivity index (χ4v) is 2.28. The summed E-state index contributed by atoms with van der Waals surface area (Å²) in [5.74, 6) is 2.71. The Labute approximate surface area is 126 Å². The van der Waals surface area contributed by atoms with Crippen molar-refractivity contribution in [1.29, 1.82) is 0 Å². The normalized spacial score (nSPS) is 10.5. The van der Waals surface area contributed by atoms with E-state index in [1.807, 2.05) is 19.3 Å². The lowest BCUT2D eigenvalue weighted by Gasteiger charge is -2.22. The number of nitrogens with zero attached hydrogens (tertiary/aromatic N) is 4. The van der Waals surface area contributed by atoms with Crippen LogP contribution in [0, 0.1) is 13.8 Å². The molecular formula is C16H23N5. The van der Waals surface area contributed by atoms with Crippen LogP contribution in [0.4, 0.5) is 11.6 Å². The standard InChI is InChI=1S/C16H23N5/c1-5-18-15-12(2)16(20-13(3)19-15)21(4)11-8-14-6-9-17-10-7-14/h6-7,9-10H,5,8,11H2,1-4H3,(H,18,19,20). The molecule has 5 nitrogen and oxygen atoms in total. The molecule has 0 fully saturated rings. The van der Waals surface area contributed by atoms with E-state index < -0.39 is 0 Å². The van der Waals surface area contributed by atoms with Crippen LogP contribution in [0.25, 0.3) is 0 Å². The molecule has 2 aromatic heterocycles. The van der Waals surface area contributed by atoms with E-state index >= 15 is 0 Å². The number of aromatic nitrogens is 3. The fourth-order valence-electron chi connectivity index (χ4n) is 2.28. The summed E-state index contributed by atoms with van der Waals surface area (Å²) in [5, 5.41) is 3.30. The molecule has 2 heterocycles. The molecule has 0 aromatic carbocycles. The zero-order valence-corrected chi connectivity index (χ0v) is 13.2. The summed E-state index contributed by atoms with van der Waals surface area (Å²) in [6.07, 6.45) is 4.63. The zero-order chi connectivity index (χ0) is 15.2. The smallest absolute Gasteiger partial charge is 0.137 e. The summed E-state index contributed by atoms with van der Waals surface area (Å²) in [4.78, 5) is 15.3. The number of hydrogen-bond acceptors (Lipinski definition) is 5. The van der Waals surface area contributed by atoms with E-state index in [0.717, 1.165) is 42.5 Å². The van der Waals surface area contributed by atoms with E-state index in [-0.39, 0.29) is 0 Å². The molecule has 0 saturated heterocycles. The van der Waals surface area contributed by atoms with E-state index in [1.165, 1.54) is 5.56 Å². The maximum atomic E-state index is 4.59. The molecule has 112 valence electrons. The van der Waals surface area contributed by atoms with E-state index in [0.29, 0.717) is 0 Å². The van der Waals surface area contributed by atoms with Gasteiger partial charge in [-0.3, -0.25) is 4.98 Å². The summed E-state index contributed by atoms with van der Waals surface area (Å²) >= 11 is 0. The molecular weight excluding hydrogens is 262 g/mol. The van der Waals surface area contributed by atoms with Gasteiger partial charge in [0.25, 0.3) is 0 Å². The van der Waals surface area contributed by atoms with Gasteiger partial charge in [-0.1, -0.05) is 0 Å². The molecule has 0 radical (unpaired) electrons. The average molecular weight is 285 g/mol. The Balaban J connectivity index is 2.13. The molecule has 2 rings (SSSR count). The maximum Gasteiger partial charge on any atom is 0.137 e. The summed E-state index contributed by atoms with van der Waals surface area (Å²) in [6, 6.07) is 4.10. The van der Waals surface area contributed by atoms with E-state index in [1.54, 1.807) is 0 Å². The molecule has 0 bridgehead atoms. The number of aryl methyl sites for hydroxylation is 1. The first kappa shape index (κ1) is 15.2. The van der Waals surface area contributed by atoms with Gasteiger partial charge in [0.2, 0.25) is 0 Å². The van der Waals surface area contributed by atoms with Crippen LogP contribution in [0.15, 0.2) is 24.5 Å². The minimum absolute atomic E-state index is 0.794. The topological polar surface area (TPSA) is 53.9 Å². The third-order valence-electron chi connectivity index (χ3n) is 3.42. The van der Waals surface area contributed by atoms with Gasteiger partial charge in [0.15, 0.2) is 0 Å². The minimum Gasteiger partial charge on any atom is -0.370 e. The number of hydrogen-bond donors (Lipinski definition) is 1. The Morgan fingerprint density at radius 1 is 1.14 bits per heavy atom. The first-order chi connectivity index (χ1) is 10.1. The van der Waals surface area contributed by atoms with Crippen LogP contribution in [0.1, 0.15) is 23.9 Å². The number of likely N-dealkylation sites (N-methyl/N-ethyl adjacent to an activating group) is 1. The molecule has 0 aliphatic carbocycles. The maximum absolute atomic E-state index is 4.59. The van der Waals surface area contributed by atoms with E-state index in [2.05, 4.69) is 58.2 Å². The quantitative estimate of drug-likeness (QED) is 0.884. The molecule has 0 amide bonds. The molecule has 21 heavy (non-hydrogen) atoms. The highest BCUT2D eigenvalue weighted by Crippen LogP contribution is 2.22. The second-order valence-corrected chi connectivity index (χ2v) is 5.13. The average Bonchev–Trinajstić information content (AvgIpc) is 2.49. The minimum atomic E-state index is 0.794. The van der Waals surface area contributed by atoms with Gasteiger partial charge in [0.05, 0.1) is 0 Å². The van der Waals surface area contributed by atoms with Crippen molar-refractivity contribution in [3.63, 3.8) is 0 Å². The van der Waals surface area contributed by atoms with Gasteiger partial charge in [-0.05, 0) is 44.9 Å². The molecule has 0 atom stereocenters. The summed E-state index contributed by atoms with van der Waals surface area (Å²) in [7, 11) is 2.08. The van der Waals surface area contributed by atoms with Crippen molar-refractivity contribution in [1.82, 2.24) is 15.0 Å². The summed E-state index contributed by atoms with van der Waals surface area (Å²) in [6.45, 7) is 7.84. The first-order valence-electron chi connectivity index (χ1n) is 7.31. The molecule has 0 aliphatic heterocycles. The summed E-state index contributed by atoms with van der Waals surface area (Å²) in [5.41, 5.74) is 2.38. The van der Waals surface area contributed by atoms with Gasteiger partial charge >= 0.3 is 0 Å². The highest BCUT2D eigenvalue weighted by Gasteiger charge is 2.12. The van der Waals surface area contributed by atoms with Crippen LogP contribution >= 0.6 is 0 Å². The lowest BCUT2D eigenvalue weighted by molar-refractivity contribution is 0.841. The lowest BCUT2D eigenvalue weighted by atomic mass is 10.2. The van der Waals surface area contributed by atoms with Crippen LogP contribution in [-0.4, -0.2) is 35.1 Å². The number of rotatable bonds is 6. The molecule has 2 aromatic rings. The highest BCUT2D eigenvalue weighted by molar-refractivity contribution is 5.58. The van der Waals surface area contributed by atoms with Crippen molar-refractivity contribution in [2.75, 3.05) is 30.4 Å². The van der Waals surface area contributed by atoms with Gasteiger partial charge < -0.3 is 10.2 Å². The van der Waals surface area contributed by atoms with Crippen molar-refractivity contribution in [3.05, 3.63) is 41.5 Å². The van der Waals surface area contributed by atoms with Crippen molar-refractivity contribution < 1.29 is 0 Å². The Morgan fingerprint density at radius 2 is 1.86 bits per heavy atom. The van der Waals surface area contributed by atoms with Crippen molar-refractivity contribution in [2.24, 2.45) is 0 Å². The third kappa shape index (κ3) is 3.90. The Kier molecular flexibility index (Phi) is 5.09. The fraction of sp³-hybridized carbons (Fsp3) is 0.438. The lowest BCUT2D eigenvalue weighted by Crippen LogP contribution is -2.23. The van der Waals surface area contributed by atoms with Crippen LogP contribution in [0.5, 0.6) is 0 Å². The first-order valence-corrected chi connectivity index (χ1v) is 7.31. The predicted octanol–water partition coefficient (Wildman–Crippen LogP) is 2.60. The van der Waals surface area contributed by atoms with Gasteiger partial charge in [-0.25, -0.2) is 9.97 Å².